The van der Waals surface area contributed by atoms with Crippen molar-refractivity contribution in [3.8, 4) is 0 Å². The molecule has 2 unspecified atom stereocenters. The molecule has 1 N–H and O–H groups in total. The summed E-state index contributed by atoms with van der Waals surface area (Å²) in [7, 11) is 4.19. The Bertz CT molecular complexity index is 1440. The third kappa shape index (κ3) is 13.7. The van der Waals surface area contributed by atoms with Crippen molar-refractivity contribution in [2.45, 2.75) is 18.4 Å². The third-order valence-corrected chi connectivity index (χ3v) is 8.54. The summed E-state index contributed by atoms with van der Waals surface area (Å²) < 4.78 is 5.15. The largest absolute Gasteiger partial charge is 0.480 e. The quantitative estimate of drug-likeness (QED) is 0.141. The number of benzene rings is 3. The topological polar surface area (TPSA) is 69.1 Å². The van der Waals surface area contributed by atoms with E-state index in [0.717, 1.165) is 61.4 Å². The predicted molar refractivity (Wildman–Crippen MR) is 201 cm³/mol. The summed E-state index contributed by atoms with van der Waals surface area (Å²) in [4.78, 5) is 22.0. The van der Waals surface area contributed by atoms with Gasteiger partial charge in [-0.1, -0.05) is 83.9 Å². The molecule has 3 aromatic carbocycles. The fourth-order valence-electron chi connectivity index (χ4n) is 5.64. The van der Waals surface area contributed by atoms with Crippen LogP contribution in [0.2, 0.25) is 10.0 Å². The van der Waals surface area contributed by atoms with E-state index in [4.69, 9.17) is 33.0 Å². The number of hydrogen-bond donors (Lipinski definition) is 1. The highest BCUT2D eigenvalue weighted by molar-refractivity contribution is 6.30. The Morgan fingerprint density at radius 1 is 0.812 bits per heavy atom. The average Bonchev–Trinajstić information content (AvgIpc) is 3.07. The highest BCUT2D eigenvalue weighted by Crippen LogP contribution is 2.31. The van der Waals surface area contributed by atoms with E-state index in [-0.39, 0.29) is 37.5 Å². The van der Waals surface area contributed by atoms with E-state index in [0.29, 0.717) is 12.5 Å². The number of aromatic nitrogens is 1. The van der Waals surface area contributed by atoms with Crippen molar-refractivity contribution >= 4 is 54.0 Å². The van der Waals surface area contributed by atoms with Crippen LogP contribution in [-0.4, -0.2) is 97.3 Å². The Hall–Kier alpha value is -2.72. The Labute approximate surface area is 307 Å². The van der Waals surface area contributed by atoms with Crippen LogP contribution in [0.15, 0.2) is 103 Å². The Morgan fingerprint density at radius 3 is 1.92 bits per heavy atom. The number of hydrogen-bond acceptors (Lipinski definition) is 6. The zero-order valence-electron chi connectivity index (χ0n) is 27.5. The number of halogens is 4. The number of nitrogens with zero attached hydrogens (tertiary/aromatic N) is 4. The number of ether oxygens (including phenoxy) is 1. The first-order valence-electron chi connectivity index (χ1n) is 15.7. The molecule has 4 aromatic rings. The summed E-state index contributed by atoms with van der Waals surface area (Å²) in [6.07, 6.45) is 2.90. The van der Waals surface area contributed by atoms with Crippen LogP contribution in [0.1, 0.15) is 40.8 Å². The Morgan fingerprint density at radius 2 is 1.38 bits per heavy atom. The first-order valence-corrected chi connectivity index (χ1v) is 16.4. The van der Waals surface area contributed by atoms with Crippen LogP contribution in [-0.2, 0) is 9.53 Å². The van der Waals surface area contributed by atoms with Crippen molar-refractivity contribution in [3.05, 3.63) is 136 Å². The molecule has 0 amide bonds. The highest BCUT2D eigenvalue weighted by Gasteiger charge is 2.26. The number of aliphatic carboxylic acids is 1. The molecule has 5 rings (SSSR count). The second kappa shape index (κ2) is 22.1. The Kier molecular flexibility index (Phi) is 19.1. The maximum absolute atomic E-state index is 10.5. The van der Waals surface area contributed by atoms with E-state index in [1.807, 2.05) is 48.7 Å². The van der Waals surface area contributed by atoms with Crippen molar-refractivity contribution in [3.63, 3.8) is 0 Å². The maximum atomic E-state index is 10.5. The number of carboxylic acid groups (broad SMARTS) is 1. The van der Waals surface area contributed by atoms with Crippen molar-refractivity contribution < 1.29 is 14.6 Å². The molecule has 11 heteroatoms. The first-order chi connectivity index (χ1) is 22.3. The van der Waals surface area contributed by atoms with Gasteiger partial charge < -0.3 is 14.7 Å². The van der Waals surface area contributed by atoms with Gasteiger partial charge in [0.1, 0.15) is 6.61 Å². The molecule has 0 aliphatic carbocycles. The minimum absolute atomic E-state index is 0. The molecule has 1 aromatic heterocycles. The summed E-state index contributed by atoms with van der Waals surface area (Å²) in [5, 5.41) is 10.1. The Balaban J connectivity index is 0.000000338. The van der Waals surface area contributed by atoms with E-state index in [1.165, 1.54) is 16.7 Å². The van der Waals surface area contributed by atoms with Crippen LogP contribution in [0, 0.1) is 0 Å². The average molecular weight is 737 g/mol. The van der Waals surface area contributed by atoms with Gasteiger partial charge in [-0.15, -0.1) is 24.8 Å². The summed E-state index contributed by atoms with van der Waals surface area (Å²) in [5.41, 5.74) is 4.90. The van der Waals surface area contributed by atoms with Gasteiger partial charge in [0.05, 0.1) is 12.6 Å². The lowest BCUT2D eigenvalue weighted by Crippen LogP contribution is -2.48. The van der Waals surface area contributed by atoms with Crippen LogP contribution >= 0.6 is 48.0 Å². The van der Waals surface area contributed by atoms with Gasteiger partial charge in [0.15, 0.2) is 0 Å². The molecule has 1 aliphatic rings. The van der Waals surface area contributed by atoms with Crippen molar-refractivity contribution in [1.29, 1.82) is 0 Å². The third-order valence-electron chi connectivity index (χ3n) is 8.03. The fraction of sp³-hybridized carbons (Fsp3) is 0.351. The minimum atomic E-state index is -0.923. The summed E-state index contributed by atoms with van der Waals surface area (Å²) in [6, 6.07) is 33.0. The van der Waals surface area contributed by atoms with Gasteiger partial charge >= 0.3 is 5.97 Å². The van der Waals surface area contributed by atoms with Crippen molar-refractivity contribution in [1.82, 2.24) is 19.7 Å². The monoisotopic (exact) mass is 734 g/mol. The van der Waals surface area contributed by atoms with Crippen LogP contribution in [0.4, 0.5) is 0 Å². The van der Waals surface area contributed by atoms with E-state index >= 15 is 0 Å². The minimum Gasteiger partial charge on any atom is -0.480 e. The number of carboxylic acids is 1. The van der Waals surface area contributed by atoms with E-state index in [2.05, 4.69) is 88.4 Å². The second-order valence-corrected chi connectivity index (χ2v) is 12.5. The molecular weight excluding hydrogens is 690 g/mol. The standard InChI is InChI=1S/C21H25ClN2O3.C16H19ClN2.2ClH/c22-19-8-6-18(7-9-19)21(17-4-2-1-3-5-17)24-12-10-23(11-13-24)14-15-27-16-20(25)26;1-19(2)12-10-15(16-5-3-4-11-18-16)13-6-8-14(17)9-7-13;;/h1-9,21H,10-16H2,(H,25,26);3-9,11,15H,10,12H2,1-2H3;2*1H. The number of rotatable bonds is 13. The van der Waals surface area contributed by atoms with Crippen molar-refractivity contribution in [2.24, 2.45) is 0 Å². The number of pyridine rings is 1. The predicted octanol–water partition coefficient (Wildman–Crippen LogP) is 7.81. The molecule has 0 radical (unpaired) electrons. The molecule has 260 valence electrons. The zero-order valence-corrected chi connectivity index (χ0v) is 30.6. The lowest BCUT2D eigenvalue weighted by atomic mass is 9.92. The van der Waals surface area contributed by atoms with Crippen LogP contribution in [0.3, 0.4) is 0 Å². The first kappa shape index (κ1) is 41.5. The summed E-state index contributed by atoms with van der Waals surface area (Å²) in [5.74, 6) is -0.602. The second-order valence-electron chi connectivity index (χ2n) is 11.6. The number of piperazine rings is 1. The zero-order chi connectivity index (χ0) is 32.7. The lowest BCUT2D eigenvalue weighted by Gasteiger charge is -2.39. The molecule has 0 spiro atoms. The highest BCUT2D eigenvalue weighted by atomic mass is 35.5. The molecule has 48 heavy (non-hydrogen) atoms. The fourth-order valence-corrected chi connectivity index (χ4v) is 5.89. The van der Waals surface area contributed by atoms with Crippen molar-refractivity contribution in [2.75, 3.05) is 66.6 Å². The van der Waals surface area contributed by atoms with Gasteiger partial charge in [-0.3, -0.25) is 14.8 Å². The van der Waals surface area contributed by atoms with E-state index in [1.54, 1.807) is 0 Å². The smallest absolute Gasteiger partial charge is 0.329 e. The maximum Gasteiger partial charge on any atom is 0.329 e. The molecule has 1 fully saturated rings. The lowest BCUT2D eigenvalue weighted by molar-refractivity contribution is -0.142. The molecule has 7 nitrogen and oxygen atoms in total. The molecule has 0 bridgehead atoms. The van der Waals surface area contributed by atoms with Gasteiger partial charge in [0.2, 0.25) is 0 Å². The van der Waals surface area contributed by atoms with E-state index < -0.39 is 5.97 Å². The molecule has 0 saturated carbocycles. The van der Waals surface area contributed by atoms with E-state index in [9.17, 15) is 4.79 Å². The van der Waals surface area contributed by atoms with Crippen LogP contribution in [0.25, 0.3) is 0 Å². The van der Waals surface area contributed by atoms with Gasteiger partial charge in [0.25, 0.3) is 0 Å². The van der Waals surface area contributed by atoms with Gasteiger partial charge in [-0.25, -0.2) is 4.79 Å². The molecular formula is C37H46Cl4N4O3. The summed E-state index contributed by atoms with van der Waals surface area (Å²) in [6.45, 7) is 5.78. The molecule has 1 saturated heterocycles. The molecule has 2 heterocycles. The van der Waals surface area contributed by atoms with Gasteiger partial charge in [0, 0.05) is 60.6 Å². The van der Waals surface area contributed by atoms with Crippen LogP contribution in [0.5, 0.6) is 0 Å². The normalized spacial score (nSPS) is 14.5. The molecule has 1 aliphatic heterocycles. The van der Waals surface area contributed by atoms with Crippen LogP contribution < -0.4 is 0 Å². The molecule has 2 atom stereocenters. The van der Waals surface area contributed by atoms with Gasteiger partial charge in [-0.05, 0) is 80.1 Å². The number of carbonyl (C=O) groups is 1. The summed E-state index contributed by atoms with van der Waals surface area (Å²) >= 11 is 12.0. The SMILES string of the molecule is CN(C)CCC(c1ccc(Cl)cc1)c1ccccn1.Cl.Cl.O=C(O)COCCN1CCN(C(c2ccccc2)c2ccc(Cl)cc2)CC1. The van der Waals surface area contributed by atoms with Gasteiger partial charge in [-0.2, -0.15) is 0 Å².